The Balaban J connectivity index is 1.03. The maximum atomic E-state index is 13.9. The first-order valence-corrected chi connectivity index (χ1v) is 24.2. The first-order valence-electron chi connectivity index (χ1n) is 24.2. The van der Waals surface area contributed by atoms with Crippen LogP contribution in [-0.2, 0) is 67.2 Å². The number of aliphatic hydroxyl groups is 4. The molecule has 0 spiro atoms. The highest BCUT2D eigenvalue weighted by atomic mass is 16.8. The van der Waals surface area contributed by atoms with Gasteiger partial charge in [0.1, 0.15) is 55.9 Å². The second-order valence-corrected chi connectivity index (χ2v) is 18.7. The van der Waals surface area contributed by atoms with Crippen LogP contribution in [-0.4, -0.2) is 155 Å². The molecule has 4 saturated heterocycles. The smallest absolute Gasteiger partial charge is 0.410 e. The zero-order chi connectivity index (χ0) is 51.4. The molecular formula is C49H60N8O16. The molecule has 5 N–H and O–H groups in total. The predicted octanol–water partition coefficient (Wildman–Crippen LogP) is 4.27. The summed E-state index contributed by atoms with van der Waals surface area (Å²) in [6.45, 7) is 0.992. The summed E-state index contributed by atoms with van der Waals surface area (Å²) in [5.41, 5.74) is 20.6. The quantitative estimate of drug-likeness (QED) is 0.0368. The summed E-state index contributed by atoms with van der Waals surface area (Å²) in [7, 11) is 0. The molecule has 4 heterocycles. The first kappa shape index (κ1) is 53.2. The largest absolute Gasteiger partial charge is 0.459 e. The van der Waals surface area contributed by atoms with Gasteiger partial charge in [0.15, 0.2) is 18.9 Å². The highest BCUT2D eigenvalue weighted by Crippen LogP contribution is 2.44. The van der Waals surface area contributed by atoms with E-state index in [0.717, 1.165) is 16.7 Å². The molecule has 0 bridgehead atoms. The average Bonchev–Trinajstić information content (AvgIpc) is 3.92. The van der Waals surface area contributed by atoms with Crippen molar-refractivity contribution in [3.05, 3.63) is 129 Å². The van der Waals surface area contributed by atoms with Gasteiger partial charge in [-0.2, -0.15) is 0 Å². The van der Waals surface area contributed by atoms with Crippen LogP contribution in [0.5, 0.6) is 0 Å². The van der Waals surface area contributed by atoms with E-state index in [0.29, 0.717) is 19.3 Å². The SMILES string of the molecule is C[C@H]1C[C@H]2CC(=O)O[C@@H]2[C@@H](O[C@@H]2O[C@H](CO)[C@@H](O[C@H]3O[C@@H](CN=[N+]=[N-])[C@@H](O)[C@H](O)[C@H]3N=[N+]=[N-])[C@H]2O)[C@@H]1O[C@H]1O[C@H](CN(Cc2ccccc2)C(=O)OCc2ccccc2)CC[C@H]1NC(=O)OCc1ccccc1. The molecule has 1 saturated carbocycles. The van der Waals surface area contributed by atoms with Gasteiger partial charge in [-0.25, -0.2) is 9.59 Å². The number of benzene rings is 3. The van der Waals surface area contributed by atoms with Crippen molar-refractivity contribution >= 4 is 18.2 Å². The van der Waals surface area contributed by atoms with E-state index in [9.17, 15) is 40.3 Å². The number of nitrogens with zero attached hydrogens (tertiary/aromatic N) is 7. The number of aliphatic hydroxyl groups excluding tert-OH is 4. The van der Waals surface area contributed by atoms with Gasteiger partial charge in [-0.05, 0) is 52.9 Å². The van der Waals surface area contributed by atoms with Crippen LogP contribution < -0.4 is 5.32 Å². The number of hydrogen-bond acceptors (Lipinski definition) is 18. The van der Waals surface area contributed by atoms with E-state index in [-0.39, 0.29) is 44.6 Å². The molecule has 392 valence electrons. The van der Waals surface area contributed by atoms with Crippen molar-refractivity contribution in [3.8, 4) is 0 Å². The van der Waals surface area contributed by atoms with Crippen LogP contribution in [0.2, 0.25) is 0 Å². The topological polar surface area (TPSA) is 328 Å². The van der Waals surface area contributed by atoms with Crippen molar-refractivity contribution in [1.82, 2.24) is 10.2 Å². The molecule has 0 unspecified atom stereocenters. The van der Waals surface area contributed by atoms with Crippen LogP contribution in [0, 0.1) is 11.8 Å². The number of ether oxygens (including phenoxy) is 9. The summed E-state index contributed by atoms with van der Waals surface area (Å²) < 4.78 is 55.4. The Morgan fingerprint density at radius 2 is 1.38 bits per heavy atom. The second kappa shape index (κ2) is 25.2. The monoisotopic (exact) mass is 1020 g/mol. The number of amides is 2. The Morgan fingerprint density at radius 1 is 0.753 bits per heavy atom. The minimum atomic E-state index is -1.76. The van der Waals surface area contributed by atoms with Crippen LogP contribution >= 0.6 is 0 Å². The number of azide groups is 2. The van der Waals surface area contributed by atoms with Crippen LogP contribution in [0.25, 0.3) is 20.9 Å². The summed E-state index contributed by atoms with van der Waals surface area (Å²) in [5.74, 6) is -1.21. The lowest BCUT2D eigenvalue weighted by molar-refractivity contribution is -0.297. The third-order valence-corrected chi connectivity index (χ3v) is 13.6. The third-order valence-electron chi connectivity index (χ3n) is 13.6. The van der Waals surface area contributed by atoms with E-state index in [1.165, 1.54) is 0 Å². The van der Waals surface area contributed by atoms with Gasteiger partial charge in [-0.1, -0.05) is 108 Å². The molecule has 1 aliphatic carbocycles. The Kier molecular flexibility index (Phi) is 18.4. The number of carbonyl (C=O) groups excluding carboxylic acids is 3. The van der Waals surface area contributed by atoms with Crippen molar-refractivity contribution in [2.24, 2.45) is 22.1 Å². The molecule has 0 radical (unpaired) electrons. The van der Waals surface area contributed by atoms with E-state index in [4.69, 9.17) is 48.2 Å². The van der Waals surface area contributed by atoms with Crippen LogP contribution in [0.4, 0.5) is 9.59 Å². The van der Waals surface area contributed by atoms with Crippen molar-refractivity contribution < 1.29 is 77.4 Å². The van der Waals surface area contributed by atoms with E-state index in [1.807, 2.05) is 97.9 Å². The molecule has 4 aliphatic heterocycles. The molecule has 3 aromatic carbocycles. The number of esters is 1. The van der Waals surface area contributed by atoms with E-state index < -0.39 is 123 Å². The number of hydrogen-bond donors (Lipinski definition) is 5. The number of alkyl carbamates (subject to hydrolysis) is 1. The molecular weight excluding hydrogens is 957 g/mol. The Bertz CT molecular complexity index is 2390. The van der Waals surface area contributed by atoms with Gasteiger partial charge in [-0.3, -0.25) is 4.79 Å². The highest BCUT2D eigenvalue weighted by Gasteiger charge is 2.57. The number of rotatable bonds is 19. The maximum Gasteiger partial charge on any atom is 0.410 e. The molecule has 0 aromatic heterocycles. The molecule has 5 fully saturated rings. The van der Waals surface area contributed by atoms with Crippen molar-refractivity contribution in [1.29, 1.82) is 0 Å². The molecule has 3 aromatic rings. The summed E-state index contributed by atoms with van der Waals surface area (Å²) >= 11 is 0. The maximum absolute atomic E-state index is 13.9. The molecule has 5 aliphatic rings. The number of carbonyl (C=O) groups is 3. The Labute approximate surface area is 419 Å². The fourth-order valence-electron chi connectivity index (χ4n) is 9.98. The fraction of sp³-hybridized carbons (Fsp3) is 0.571. The zero-order valence-electron chi connectivity index (χ0n) is 39.9. The Morgan fingerprint density at radius 3 is 2.04 bits per heavy atom. The summed E-state index contributed by atoms with van der Waals surface area (Å²) in [6, 6.07) is 25.4. The summed E-state index contributed by atoms with van der Waals surface area (Å²) in [6.07, 6.45) is -17.5. The van der Waals surface area contributed by atoms with E-state index >= 15 is 0 Å². The number of nitrogens with one attached hydrogen (secondary N) is 1. The average molecular weight is 1020 g/mol. The lowest BCUT2D eigenvalue weighted by atomic mass is 9.76. The fourth-order valence-corrected chi connectivity index (χ4v) is 9.98. The van der Waals surface area contributed by atoms with Gasteiger partial charge in [0.25, 0.3) is 0 Å². The van der Waals surface area contributed by atoms with Gasteiger partial charge in [-0.15, -0.1) is 0 Å². The third kappa shape index (κ3) is 13.4. The van der Waals surface area contributed by atoms with Crippen LogP contribution in [0.3, 0.4) is 0 Å². The van der Waals surface area contributed by atoms with Gasteiger partial charge < -0.3 is 73.3 Å². The van der Waals surface area contributed by atoms with Gasteiger partial charge in [0.05, 0.1) is 56.6 Å². The van der Waals surface area contributed by atoms with E-state index in [2.05, 4.69) is 25.4 Å². The van der Waals surface area contributed by atoms with Crippen LogP contribution in [0.15, 0.2) is 101 Å². The van der Waals surface area contributed by atoms with Crippen molar-refractivity contribution in [3.63, 3.8) is 0 Å². The summed E-state index contributed by atoms with van der Waals surface area (Å²) in [5, 5.41) is 53.8. The van der Waals surface area contributed by atoms with Crippen molar-refractivity contribution in [2.75, 3.05) is 19.7 Å². The normalized spacial score (nSPS) is 33.8. The first-order chi connectivity index (χ1) is 35.4. The summed E-state index contributed by atoms with van der Waals surface area (Å²) in [4.78, 5) is 47.3. The Hall–Kier alpha value is -6.11. The lowest BCUT2D eigenvalue weighted by Crippen LogP contribution is -2.60. The van der Waals surface area contributed by atoms with Crippen LogP contribution in [0.1, 0.15) is 49.3 Å². The zero-order valence-corrected chi connectivity index (χ0v) is 39.9. The van der Waals surface area contributed by atoms with Crippen molar-refractivity contribution in [2.45, 2.75) is 144 Å². The van der Waals surface area contributed by atoms with E-state index in [1.54, 1.807) is 4.90 Å². The molecule has 24 nitrogen and oxygen atoms in total. The predicted molar refractivity (Wildman–Crippen MR) is 251 cm³/mol. The standard InChI is InChI=1S/C49H60N8O16/c1-27-19-31-20-36(59)70-42(31)44(73-47-40(62)43(35(24-58)69-47)72-46-37(54-56-51)39(61)38(60)34(68-46)21-52-55-50)41(27)71-45-33(53-48(63)65-25-29-13-7-3-8-14-29)18-17-32(67-45)23-57(22-28-11-5-2-6-12-28)49(64)66-26-30-15-9-4-10-16-30/h2-16,27,31-35,37-47,58,60-62H,17-26H2,1H3,(H,53,63)/t27-,31-,32-,33+,34-,35+,37+,38+,39+,40+,41+,42-,43+,44-,45+,46+,47-/m0/s1. The highest BCUT2D eigenvalue weighted by molar-refractivity contribution is 5.72. The molecule has 17 atom stereocenters. The minimum Gasteiger partial charge on any atom is -0.459 e. The molecule has 8 rings (SSSR count). The van der Waals surface area contributed by atoms with Gasteiger partial charge >= 0.3 is 18.2 Å². The molecule has 2 amide bonds. The minimum absolute atomic E-state index is 0.0148. The number of fused-ring (bicyclic) bond motifs is 1. The second-order valence-electron chi connectivity index (χ2n) is 18.7. The van der Waals surface area contributed by atoms with Gasteiger partial charge in [0.2, 0.25) is 0 Å². The molecule has 24 heteroatoms. The molecule has 73 heavy (non-hydrogen) atoms. The van der Waals surface area contributed by atoms with Gasteiger partial charge in [0, 0.05) is 22.3 Å². The lowest BCUT2D eigenvalue weighted by Gasteiger charge is -2.46.